The van der Waals surface area contributed by atoms with Gasteiger partial charge in [0, 0.05) is 19.5 Å². The van der Waals surface area contributed by atoms with Gasteiger partial charge in [-0.2, -0.15) is 0 Å². The maximum Gasteiger partial charge on any atom is 0.253 e. The highest BCUT2D eigenvalue weighted by Gasteiger charge is 2.27. The highest BCUT2D eigenvalue weighted by Crippen LogP contribution is 2.28. The Balaban J connectivity index is 1.71. The average molecular weight is 330 g/mol. The summed E-state index contributed by atoms with van der Waals surface area (Å²) in [5.41, 5.74) is 2.17. The maximum atomic E-state index is 12.6. The average Bonchev–Trinajstić information content (AvgIpc) is 3.24. The van der Waals surface area contributed by atoms with Crippen LogP contribution in [-0.2, 0) is 4.79 Å². The van der Waals surface area contributed by atoms with Gasteiger partial charge in [-0.3, -0.25) is 9.59 Å². The van der Waals surface area contributed by atoms with Crippen LogP contribution in [0.2, 0.25) is 0 Å². The first-order valence-electron chi connectivity index (χ1n) is 8.93. The molecule has 1 unspecified atom stereocenters. The minimum Gasteiger partial charge on any atom is -0.391 e. The Morgan fingerprint density at radius 2 is 2.08 bits per heavy atom. The van der Waals surface area contributed by atoms with Gasteiger partial charge in [0.2, 0.25) is 5.91 Å². The number of aryl methyl sites for hydroxylation is 1. The van der Waals surface area contributed by atoms with Gasteiger partial charge < -0.3 is 15.3 Å². The first kappa shape index (κ1) is 17.0. The summed E-state index contributed by atoms with van der Waals surface area (Å²) in [5.74, 6) is 0.145. The fourth-order valence-corrected chi connectivity index (χ4v) is 3.77. The lowest BCUT2D eigenvalue weighted by Crippen LogP contribution is -2.36. The molecule has 0 aromatic heterocycles. The zero-order chi connectivity index (χ0) is 17.1. The molecule has 2 aliphatic rings. The van der Waals surface area contributed by atoms with Crippen LogP contribution in [0.5, 0.6) is 0 Å². The van der Waals surface area contributed by atoms with E-state index < -0.39 is 6.10 Å². The van der Waals surface area contributed by atoms with Gasteiger partial charge in [-0.1, -0.05) is 24.5 Å². The van der Waals surface area contributed by atoms with Gasteiger partial charge >= 0.3 is 0 Å². The number of aliphatic hydroxyl groups is 1. The van der Waals surface area contributed by atoms with Gasteiger partial charge in [-0.15, -0.1) is 0 Å². The minimum absolute atomic E-state index is 0.0684. The smallest absolute Gasteiger partial charge is 0.253 e. The quantitative estimate of drug-likeness (QED) is 0.871. The first-order valence-corrected chi connectivity index (χ1v) is 8.93. The van der Waals surface area contributed by atoms with Gasteiger partial charge in [0.1, 0.15) is 0 Å². The second-order valence-corrected chi connectivity index (χ2v) is 6.99. The van der Waals surface area contributed by atoms with Crippen molar-refractivity contribution in [1.29, 1.82) is 0 Å². The van der Waals surface area contributed by atoms with Crippen LogP contribution in [0.15, 0.2) is 18.2 Å². The lowest BCUT2D eigenvalue weighted by molar-refractivity contribution is -0.117. The van der Waals surface area contributed by atoms with E-state index in [1.165, 1.54) is 0 Å². The van der Waals surface area contributed by atoms with Crippen LogP contribution in [0.1, 0.15) is 54.4 Å². The predicted octanol–water partition coefficient (Wildman–Crippen LogP) is 2.40. The third kappa shape index (κ3) is 3.61. The first-order chi connectivity index (χ1) is 11.6. The number of nitrogens with one attached hydrogen (secondary N) is 1. The summed E-state index contributed by atoms with van der Waals surface area (Å²) in [6.45, 7) is 2.86. The van der Waals surface area contributed by atoms with Crippen LogP contribution in [0.25, 0.3) is 0 Å². The van der Waals surface area contributed by atoms with Crippen LogP contribution >= 0.6 is 0 Å². The summed E-state index contributed by atoms with van der Waals surface area (Å²) in [5, 5.41) is 13.1. The van der Waals surface area contributed by atoms with Crippen molar-refractivity contribution >= 4 is 17.5 Å². The lowest BCUT2D eigenvalue weighted by atomic mass is 10.0. The van der Waals surface area contributed by atoms with E-state index >= 15 is 0 Å². The van der Waals surface area contributed by atoms with Crippen LogP contribution in [0.4, 0.5) is 5.69 Å². The van der Waals surface area contributed by atoms with Crippen molar-refractivity contribution in [2.45, 2.75) is 51.6 Å². The molecule has 0 spiro atoms. The van der Waals surface area contributed by atoms with Crippen molar-refractivity contribution in [2.24, 2.45) is 5.92 Å². The molecule has 0 bridgehead atoms. The Kier molecular flexibility index (Phi) is 5.19. The van der Waals surface area contributed by atoms with Crippen molar-refractivity contribution in [3.05, 3.63) is 29.3 Å². The number of anilines is 1. The van der Waals surface area contributed by atoms with Crippen molar-refractivity contribution in [1.82, 2.24) is 5.32 Å². The van der Waals surface area contributed by atoms with Gasteiger partial charge in [-0.25, -0.2) is 0 Å². The number of amides is 2. The Morgan fingerprint density at radius 3 is 2.75 bits per heavy atom. The summed E-state index contributed by atoms with van der Waals surface area (Å²) in [7, 11) is 0. The van der Waals surface area contributed by atoms with Crippen LogP contribution in [-0.4, -0.2) is 36.1 Å². The Hall–Kier alpha value is -1.88. The summed E-state index contributed by atoms with van der Waals surface area (Å²) in [6.07, 6.45) is 5.27. The Bertz CT molecular complexity index is 623. The summed E-state index contributed by atoms with van der Waals surface area (Å²) >= 11 is 0. The monoisotopic (exact) mass is 330 g/mol. The Morgan fingerprint density at radius 1 is 1.33 bits per heavy atom. The van der Waals surface area contributed by atoms with Gasteiger partial charge in [0.15, 0.2) is 0 Å². The fourth-order valence-electron chi connectivity index (χ4n) is 3.77. The molecular formula is C19H26N2O3. The molecule has 2 amide bonds. The fraction of sp³-hybridized carbons (Fsp3) is 0.579. The van der Waals surface area contributed by atoms with Gasteiger partial charge in [0.05, 0.1) is 17.4 Å². The number of hydrogen-bond donors (Lipinski definition) is 2. The van der Waals surface area contributed by atoms with E-state index in [1.807, 2.05) is 25.1 Å². The van der Waals surface area contributed by atoms with Gasteiger partial charge in [0.25, 0.3) is 5.91 Å². The molecule has 2 fully saturated rings. The maximum absolute atomic E-state index is 12.6. The van der Waals surface area contributed by atoms with Crippen molar-refractivity contribution in [3.8, 4) is 0 Å². The second kappa shape index (κ2) is 7.34. The van der Waals surface area contributed by atoms with E-state index in [0.29, 0.717) is 30.1 Å². The summed E-state index contributed by atoms with van der Waals surface area (Å²) < 4.78 is 0. The molecule has 1 saturated carbocycles. The molecule has 1 heterocycles. The number of benzene rings is 1. The minimum atomic E-state index is -0.488. The molecule has 1 aromatic carbocycles. The number of carbonyl (C=O) groups is 2. The lowest BCUT2D eigenvalue weighted by Gasteiger charge is -2.21. The highest BCUT2D eigenvalue weighted by molar-refractivity contribution is 6.05. The van der Waals surface area contributed by atoms with Crippen LogP contribution in [0.3, 0.4) is 0 Å². The molecule has 3 rings (SSSR count). The number of rotatable bonds is 5. The van der Waals surface area contributed by atoms with E-state index in [0.717, 1.165) is 37.7 Å². The van der Waals surface area contributed by atoms with Crippen molar-refractivity contribution < 1.29 is 14.7 Å². The van der Waals surface area contributed by atoms with E-state index in [9.17, 15) is 14.7 Å². The van der Waals surface area contributed by atoms with E-state index in [4.69, 9.17) is 0 Å². The van der Waals surface area contributed by atoms with Crippen molar-refractivity contribution in [2.75, 3.05) is 18.0 Å². The van der Waals surface area contributed by atoms with E-state index in [2.05, 4.69) is 5.32 Å². The van der Waals surface area contributed by atoms with E-state index in [1.54, 1.807) is 4.90 Å². The van der Waals surface area contributed by atoms with Crippen LogP contribution < -0.4 is 10.2 Å². The second-order valence-electron chi connectivity index (χ2n) is 6.99. The van der Waals surface area contributed by atoms with Crippen molar-refractivity contribution in [3.63, 3.8) is 0 Å². The number of nitrogens with zero attached hydrogens (tertiary/aromatic N) is 1. The normalized spacial score (nSPS) is 19.8. The molecule has 1 atom stereocenters. The predicted molar refractivity (Wildman–Crippen MR) is 93.1 cm³/mol. The number of carbonyl (C=O) groups excluding carboxylic acids is 2. The van der Waals surface area contributed by atoms with Gasteiger partial charge in [-0.05, 0) is 44.2 Å². The topological polar surface area (TPSA) is 69.6 Å². The molecule has 0 radical (unpaired) electrons. The molecule has 1 saturated heterocycles. The molecule has 2 N–H and O–H groups in total. The highest BCUT2D eigenvalue weighted by atomic mass is 16.3. The third-order valence-corrected chi connectivity index (χ3v) is 5.18. The standard InChI is InChI=1S/C19H26N2O3/c1-13-8-9-16(21-10-4-7-18(21)23)15(11-13)19(24)20-12-17(22)14-5-2-3-6-14/h8-9,11,14,17,22H,2-7,10,12H2,1H3,(H,20,24). The third-order valence-electron chi connectivity index (χ3n) is 5.18. The van der Waals surface area contributed by atoms with Crippen LogP contribution in [0, 0.1) is 12.8 Å². The van der Waals surface area contributed by atoms with E-state index in [-0.39, 0.29) is 18.4 Å². The molecular weight excluding hydrogens is 304 g/mol. The molecule has 1 aliphatic heterocycles. The molecule has 1 aliphatic carbocycles. The molecule has 5 nitrogen and oxygen atoms in total. The molecule has 1 aromatic rings. The largest absolute Gasteiger partial charge is 0.391 e. The zero-order valence-electron chi connectivity index (χ0n) is 14.3. The number of aliphatic hydroxyl groups excluding tert-OH is 1. The zero-order valence-corrected chi connectivity index (χ0v) is 14.3. The number of hydrogen-bond acceptors (Lipinski definition) is 3. The molecule has 24 heavy (non-hydrogen) atoms. The molecule has 130 valence electrons. The summed E-state index contributed by atoms with van der Waals surface area (Å²) in [4.78, 5) is 26.4. The SMILES string of the molecule is Cc1ccc(N2CCCC2=O)c(C(=O)NCC(O)C2CCCC2)c1. The summed E-state index contributed by atoms with van der Waals surface area (Å²) in [6, 6.07) is 5.59. The Labute approximate surface area is 143 Å². The molecule has 5 heteroatoms.